The second kappa shape index (κ2) is 6.80. The zero-order valence-electron chi connectivity index (χ0n) is 12.7. The van der Waals surface area contributed by atoms with Crippen molar-refractivity contribution in [1.82, 2.24) is 0 Å². The van der Waals surface area contributed by atoms with Crippen LogP contribution in [0.5, 0.6) is 0 Å². The number of halogens is 1. The van der Waals surface area contributed by atoms with Gasteiger partial charge in [-0.15, -0.1) is 6.58 Å². The van der Waals surface area contributed by atoms with E-state index in [1.807, 2.05) is 42.5 Å². The minimum absolute atomic E-state index is 0.0457. The van der Waals surface area contributed by atoms with Gasteiger partial charge in [0.05, 0.1) is 11.4 Å². The van der Waals surface area contributed by atoms with Crippen LogP contribution in [0.25, 0.3) is 0 Å². The molecule has 116 valence electrons. The smallest absolute Gasteiger partial charge is 0.229 e. The molecule has 0 aliphatic carbocycles. The molecule has 3 nitrogen and oxygen atoms in total. The zero-order chi connectivity index (χ0) is 16.2. The minimum atomic E-state index is 0.0457. The molecule has 1 heterocycles. The summed E-state index contributed by atoms with van der Waals surface area (Å²) in [5.74, 6) is 0.0457. The van der Waals surface area contributed by atoms with E-state index in [9.17, 15) is 4.79 Å². The van der Waals surface area contributed by atoms with Crippen molar-refractivity contribution in [3.63, 3.8) is 0 Å². The van der Waals surface area contributed by atoms with Crippen LogP contribution in [0.1, 0.15) is 17.5 Å². The van der Waals surface area contributed by atoms with Gasteiger partial charge in [-0.3, -0.25) is 9.79 Å². The highest BCUT2D eigenvalue weighted by Gasteiger charge is 2.23. The average molecular weight is 325 g/mol. The molecular formula is C19H17ClN2O. The predicted octanol–water partition coefficient (Wildman–Crippen LogP) is 4.10. The van der Waals surface area contributed by atoms with Crippen LogP contribution in [-0.2, 0) is 4.79 Å². The summed E-state index contributed by atoms with van der Waals surface area (Å²) in [6.45, 7) is 4.69. The number of aliphatic imine (C=N–C) groups is 1. The fourth-order valence-electron chi connectivity index (χ4n) is 2.72. The van der Waals surface area contributed by atoms with Crippen molar-refractivity contribution in [3.8, 4) is 0 Å². The summed E-state index contributed by atoms with van der Waals surface area (Å²) >= 11 is 6.21. The summed E-state index contributed by atoms with van der Waals surface area (Å²) in [4.78, 5) is 18.8. The summed E-state index contributed by atoms with van der Waals surface area (Å²) in [5.41, 5.74) is 3.58. The maximum atomic E-state index is 12.4. The molecule has 2 aromatic rings. The monoisotopic (exact) mass is 324 g/mol. The molecule has 23 heavy (non-hydrogen) atoms. The Morgan fingerprint density at radius 3 is 2.74 bits per heavy atom. The highest BCUT2D eigenvalue weighted by Crippen LogP contribution is 2.29. The fraction of sp³-hybridized carbons (Fsp3) is 0.158. The van der Waals surface area contributed by atoms with E-state index in [0.717, 1.165) is 22.5 Å². The molecule has 0 atom stereocenters. The van der Waals surface area contributed by atoms with Gasteiger partial charge in [-0.2, -0.15) is 0 Å². The quantitative estimate of drug-likeness (QED) is 0.782. The second-order valence-corrected chi connectivity index (χ2v) is 5.74. The van der Waals surface area contributed by atoms with Crippen molar-refractivity contribution in [2.24, 2.45) is 4.99 Å². The minimum Gasteiger partial charge on any atom is -0.308 e. The molecule has 2 aromatic carbocycles. The number of amides is 1. The number of benzene rings is 2. The zero-order valence-corrected chi connectivity index (χ0v) is 13.5. The van der Waals surface area contributed by atoms with Crippen LogP contribution in [-0.4, -0.2) is 24.7 Å². The summed E-state index contributed by atoms with van der Waals surface area (Å²) in [6, 6.07) is 15.5. The topological polar surface area (TPSA) is 32.7 Å². The summed E-state index contributed by atoms with van der Waals surface area (Å²) in [7, 11) is 0. The largest absolute Gasteiger partial charge is 0.308 e. The van der Waals surface area contributed by atoms with Gasteiger partial charge in [0.1, 0.15) is 0 Å². The van der Waals surface area contributed by atoms with Crippen molar-refractivity contribution in [2.45, 2.75) is 6.42 Å². The number of nitrogens with zero attached hydrogens (tertiary/aromatic N) is 2. The van der Waals surface area contributed by atoms with E-state index in [0.29, 0.717) is 24.5 Å². The molecule has 0 N–H and O–H groups in total. The molecule has 0 spiro atoms. The average Bonchev–Trinajstić information content (AvgIpc) is 2.56. The standard InChI is InChI=1S/C19H17ClN2O/c1-2-12-22-17-9-8-15(20)13-16(17)19(21-11-10-18(22)23)14-6-4-3-5-7-14/h2-9,13H,1,10-12H2. The van der Waals surface area contributed by atoms with Crippen molar-refractivity contribution < 1.29 is 4.79 Å². The van der Waals surface area contributed by atoms with Gasteiger partial charge in [0.25, 0.3) is 0 Å². The number of anilines is 1. The predicted molar refractivity (Wildman–Crippen MR) is 95.6 cm³/mol. The molecule has 0 saturated heterocycles. The van der Waals surface area contributed by atoms with E-state index < -0.39 is 0 Å². The molecule has 0 fully saturated rings. The Morgan fingerprint density at radius 1 is 1.22 bits per heavy atom. The third-order valence-electron chi connectivity index (χ3n) is 3.76. The van der Waals surface area contributed by atoms with Crippen LogP contribution in [0.3, 0.4) is 0 Å². The molecule has 0 unspecified atom stereocenters. The van der Waals surface area contributed by atoms with E-state index >= 15 is 0 Å². The van der Waals surface area contributed by atoms with Gasteiger partial charge in [-0.25, -0.2) is 0 Å². The second-order valence-electron chi connectivity index (χ2n) is 5.30. The molecular weight excluding hydrogens is 308 g/mol. The van der Waals surface area contributed by atoms with Crippen LogP contribution in [0, 0.1) is 0 Å². The van der Waals surface area contributed by atoms with E-state index in [2.05, 4.69) is 11.6 Å². The Kier molecular flexibility index (Phi) is 4.58. The van der Waals surface area contributed by atoms with Crippen LogP contribution in [0.4, 0.5) is 5.69 Å². The van der Waals surface area contributed by atoms with E-state index in [1.54, 1.807) is 17.0 Å². The highest BCUT2D eigenvalue weighted by molar-refractivity contribution is 6.31. The molecule has 0 radical (unpaired) electrons. The lowest BCUT2D eigenvalue weighted by Crippen LogP contribution is -2.34. The Morgan fingerprint density at radius 2 is 2.00 bits per heavy atom. The normalized spacial score (nSPS) is 14.6. The molecule has 1 aliphatic rings. The van der Waals surface area contributed by atoms with E-state index in [1.165, 1.54) is 0 Å². The van der Waals surface area contributed by atoms with Crippen molar-refractivity contribution in [3.05, 3.63) is 77.3 Å². The number of carbonyl (C=O) groups excluding carboxylic acids is 1. The van der Waals surface area contributed by atoms with Crippen molar-refractivity contribution in [2.75, 3.05) is 18.0 Å². The Labute approximate surface area is 140 Å². The van der Waals surface area contributed by atoms with E-state index in [-0.39, 0.29) is 5.91 Å². The van der Waals surface area contributed by atoms with Gasteiger partial charge in [0.15, 0.2) is 0 Å². The van der Waals surface area contributed by atoms with Gasteiger partial charge in [0, 0.05) is 35.7 Å². The fourth-order valence-corrected chi connectivity index (χ4v) is 2.90. The first kappa shape index (κ1) is 15.5. The SMILES string of the molecule is C=CCN1C(=O)CCN=C(c2ccccc2)c2cc(Cl)ccc21. The van der Waals surface area contributed by atoms with Crippen molar-refractivity contribution in [1.29, 1.82) is 0 Å². The molecule has 0 aromatic heterocycles. The third kappa shape index (κ3) is 3.20. The lowest BCUT2D eigenvalue weighted by Gasteiger charge is -2.26. The van der Waals surface area contributed by atoms with E-state index in [4.69, 9.17) is 11.6 Å². The number of hydrogen-bond donors (Lipinski definition) is 0. The van der Waals surface area contributed by atoms with Crippen LogP contribution >= 0.6 is 11.6 Å². The summed E-state index contributed by atoms with van der Waals surface area (Å²) in [5, 5.41) is 0.624. The van der Waals surface area contributed by atoms with Gasteiger partial charge in [0.2, 0.25) is 5.91 Å². The first-order valence-electron chi connectivity index (χ1n) is 7.52. The maximum absolute atomic E-state index is 12.4. The number of hydrogen-bond acceptors (Lipinski definition) is 2. The lowest BCUT2D eigenvalue weighted by atomic mass is 9.98. The van der Waals surface area contributed by atoms with Crippen LogP contribution in [0.2, 0.25) is 5.02 Å². The number of fused-ring (bicyclic) bond motifs is 1. The Bertz CT molecular complexity index is 768. The Balaban J connectivity index is 2.20. The Hall–Kier alpha value is -2.39. The number of rotatable bonds is 3. The maximum Gasteiger partial charge on any atom is 0.229 e. The first-order valence-corrected chi connectivity index (χ1v) is 7.89. The number of carbonyl (C=O) groups is 1. The van der Waals surface area contributed by atoms with Gasteiger partial charge in [-0.05, 0) is 18.2 Å². The van der Waals surface area contributed by atoms with Crippen LogP contribution in [0.15, 0.2) is 66.2 Å². The summed E-state index contributed by atoms with van der Waals surface area (Å²) < 4.78 is 0. The third-order valence-corrected chi connectivity index (χ3v) is 4.00. The van der Waals surface area contributed by atoms with Crippen LogP contribution < -0.4 is 4.90 Å². The van der Waals surface area contributed by atoms with Gasteiger partial charge in [-0.1, -0.05) is 48.0 Å². The first-order chi connectivity index (χ1) is 11.2. The molecule has 0 bridgehead atoms. The molecule has 4 heteroatoms. The summed E-state index contributed by atoms with van der Waals surface area (Å²) in [6.07, 6.45) is 2.11. The van der Waals surface area contributed by atoms with Gasteiger partial charge >= 0.3 is 0 Å². The molecule has 1 aliphatic heterocycles. The lowest BCUT2D eigenvalue weighted by molar-refractivity contribution is -0.118. The van der Waals surface area contributed by atoms with Crippen molar-refractivity contribution >= 4 is 28.9 Å². The highest BCUT2D eigenvalue weighted by atomic mass is 35.5. The molecule has 1 amide bonds. The molecule has 3 rings (SSSR count). The van der Waals surface area contributed by atoms with Gasteiger partial charge < -0.3 is 4.90 Å². The molecule has 0 saturated carbocycles.